The summed E-state index contributed by atoms with van der Waals surface area (Å²) in [5, 5.41) is 11.4. The van der Waals surface area contributed by atoms with E-state index >= 15 is 0 Å². The van der Waals surface area contributed by atoms with Crippen LogP contribution in [-0.4, -0.2) is 46.9 Å². The first-order chi connectivity index (χ1) is 15.8. The molecule has 3 saturated carbocycles. The highest BCUT2D eigenvalue weighted by Gasteiger charge is 2.69. The summed E-state index contributed by atoms with van der Waals surface area (Å²) >= 11 is 0. The van der Waals surface area contributed by atoms with Crippen molar-refractivity contribution >= 4 is 17.9 Å². The van der Waals surface area contributed by atoms with E-state index in [4.69, 9.17) is 20.6 Å². The molecule has 4 aliphatic rings. The molecule has 34 heavy (non-hydrogen) atoms. The van der Waals surface area contributed by atoms with Crippen LogP contribution in [-0.2, 0) is 28.6 Å². The fraction of sp³-hybridized carbons (Fsp3) is 0.741. The lowest BCUT2D eigenvalue weighted by atomic mass is 9.45. The Morgan fingerprint density at radius 2 is 1.68 bits per heavy atom. The second kappa shape index (κ2) is 8.41. The molecule has 7 nitrogen and oxygen atoms in total. The summed E-state index contributed by atoms with van der Waals surface area (Å²) < 4.78 is 17.4. The molecule has 0 radical (unpaired) electrons. The summed E-state index contributed by atoms with van der Waals surface area (Å²) in [4.78, 5) is 36.0. The number of hydrogen-bond acceptors (Lipinski definition) is 7. The van der Waals surface area contributed by atoms with Crippen LogP contribution >= 0.6 is 0 Å². The van der Waals surface area contributed by atoms with Crippen LogP contribution in [0.15, 0.2) is 11.6 Å². The minimum atomic E-state index is -1.32. The van der Waals surface area contributed by atoms with Crippen molar-refractivity contribution in [3.63, 3.8) is 0 Å². The lowest BCUT2D eigenvalue weighted by Gasteiger charge is -2.61. The number of terminal acetylenes is 1. The minimum absolute atomic E-state index is 0.00414. The van der Waals surface area contributed by atoms with Crippen LogP contribution in [0.3, 0.4) is 0 Å². The third-order valence-corrected chi connectivity index (χ3v) is 9.32. The molecule has 0 saturated heterocycles. The summed E-state index contributed by atoms with van der Waals surface area (Å²) in [6, 6.07) is 0. The molecule has 0 heterocycles. The van der Waals surface area contributed by atoms with Gasteiger partial charge in [-0.05, 0) is 49.5 Å². The van der Waals surface area contributed by atoms with E-state index in [0.29, 0.717) is 32.1 Å². The third-order valence-electron chi connectivity index (χ3n) is 9.32. The van der Waals surface area contributed by atoms with Crippen LogP contribution in [0.1, 0.15) is 73.1 Å². The first kappa shape index (κ1) is 24.8. The van der Waals surface area contributed by atoms with Crippen molar-refractivity contribution < 1.29 is 33.7 Å². The highest BCUT2D eigenvalue weighted by molar-refractivity contribution is 5.67. The lowest BCUT2D eigenvalue weighted by Crippen LogP contribution is -2.63. The van der Waals surface area contributed by atoms with E-state index in [9.17, 15) is 19.5 Å². The van der Waals surface area contributed by atoms with Gasteiger partial charge in [0.2, 0.25) is 0 Å². The molecule has 0 amide bonds. The fourth-order valence-corrected chi connectivity index (χ4v) is 7.88. The molecule has 0 aromatic heterocycles. The number of esters is 3. The summed E-state index contributed by atoms with van der Waals surface area (Å²) in [6.45, 7) is 8.37. The fourth-order valence-electron chi connectivity index (χ4n) is 7.88. The van der Waals surface area contributed by atoms with Gasteiger partial charge in [0, 0.05) is 44.4 Å². The molecular weight excluding hydrogens is 436 g/mol. The summed E-state index contributed by atoms with van der Waals surface area (Å²) in [5.74, 6) is 1.27. The molecule has 4 rings (SSSR count). The molecule has 186 valence electrons. The quantitative estimate of drug-likeness (QED) is 0.291. The topological polar surface area (TPSA) is 99.1 Å². The number of carbonyl (C=O) groups excluding carboxylic acids is 3. The van der Waals surface area contributed by atoms with Crippen LogP contribution in [0.5, 0.6) is 0 Å². The zero-order valence-electron chi connectivity index (χ0n) is 20.8. The molecule has 0 spiro atoms. The third kappa shape index (κ3) is 3.75. The van der Waals surface area contributed by atoms with Crippen LogP contribution in [0.4, 0.5) is 0 Å². The number of rotatable bonds is 3. The standard InChI is InChI=1S/C27H36O7/c1-7-27(31)11-9-20-23-21(33-16(3)29)13-18-12-19(32-15(2)28)8-10-25(18,5)24(23)22(34-17(4)30)14-26(20,27)6/h1,13,19-24,31H,8-12,14H2,2-6H3/t19-,20?,21-,22+,23?,24?,25-,26-,27-/m0/s1. The maximum atomic E-state index is 12.2. The van der Waals surface area contributed by atoms with Gasteiger partial charge in [0.15, 0.2) is 0 Å². The van der Waals surface area contributed by atoms with Crippen molar-refractivity contribution in [2.75, 3.05) is 0 Å². The second-order valence-corrected chi connectivity index (χ2v) is 11.2. The molecule has 7 heteroatoms. The highest BCUT2D eigenvalue weighted by atomic mass is 16.6. The number of carbonyl (C=O) groups is 3. The van der Waals surface area contributed by atoms with Gasteiger partial charge in [0.25, 0.3) is 0 Å². The molecular formula is C27H36O7. The second-order valence-electron chi connectivity index (χ2n) is 11.2. The van der Waals surface area contributed by atoms with Crippen molar-refractivity contribution in [3.8, 4) is 12.3 Å². The Balaban J connectivity index is 1.84. The minimum Gasteiger partial charge on any atom is -0.462 e. The predicted molar refractivity (Wildman–Crippen MR) is 123 cm³/mol. The number of aliphatic hydroxyl groups is 1. The van der Waals surface area contributed by atoms with Gasteiger partial charge >= 0.3 is 17.9 Å². The monoisotopic (exact) mass is 472 g/mol. The average molecular weight is 473 g/mol. The van der Waals surface area contributed by atoms with Gasteiger partial charge in [-0.25, -0.2) is 0 Å². The first-order valence-electron chi connectivity index (χ1n) is 12.3. The Labute approximate surface area is 201 Å². The maximum Gasteiger partial charge on any atom is 0.303 e. The smallest absolute Gasteiger partial charge is 0.303 e. The van der Waals surface area contributed by atoms with Crippen molar-refractivity contribution in [1.82, 2.24) is 0 Å². The highest BCUT2D eigenvalue weighted by Crippen LogP contribution is 2.68. The van der Waals surface area contributed by atoms with Gasteiger partial charge in [0.05, 0.1) is 0 Å². The van der Waals surface area contributed by atoms with Gasteiger partial charge in [0.1, 0.15) is 23.9 Å². The molecule has 0 bridgehead atoms. The molecule has 3 fully saturated rings. The Morgan fingerprint density at radius 1 is 1.03 bits per heavy atom. The van der Waals surface area contributed by atoms with E-state index in [1.807, 2.05) is 13.0 Å². The van der Waals surface area contributed by atoms with Gasteiger partial charge in [-0.15, -0.1) is 6.42 Å². The first-order valence-corrected chi connectivity index (χ1v) is 12.3. The van der Waals surface area contributed by atoms with Gasteiger partial charge in [-0.1, -0.05) is 25.3 Å². The van der Waals surface area contributed by atoms with Gasteiger partial charge in [-0.2, -0.15) is 0 Å². The molecule has 0 aliphatic heterocycles. The van der Waals surface area contributed by atoms with Crippen LogP contribution in [0.25, 0.3) is 0 Å². The van der Waals surface area contributed by atoms with E-state index in [0.717, 1.165) is 12.0 Å². The molecule has 4 aliphatic carbocycles. The van der Waals surface area contributed by atoms with E-state index in [-0.39, 0.29) is 41.2 Å². The SMILES string of the molecule is C#C[C@]1(O)CCC2C3C([C@H](OC(C)=O)C[C@@]21C)[C@@]1(C)CC[C@H](OC(C)=O)CC1=C[C@@H]3OC(C)=O. The maximum absolute atomic E-state index is 12.2. The summed E-state index contributed by atoms with van der Waals surface area (Å²) in [7, 11) is 0. The normalized spacial score (nSPS) is 44.9. The lowest BCUT2D eigenvalue weighted by molar-refractivity contribution is -0.200. The van der Waals surface area contributed by atoms with Crippen molar-refractivity contribution in [2.45, 2.75) is 97.1 Å². The number of fused-ring (bicyclic) bond motifs is 5. The Bertz CT molecular complexity index is 963. The van der Waals surface area contributed by atoms with Gasteiger partial charge in [-0.3, -0.25) is 14.4 Å². The van der Waals surface area contributed by atoms with E-state index in [1.165, 1.54) is 20.8 Å². The zero-order valence-corrected chi connectivity index (χ0v) is 20.8. The molecule has 0 aromatic carbocycles. The number of ether oxygens (including phenoxy) is 3. The van der Waals surface area contributed by atoms with Crippen LogP contribution < -0.4 is 0 Å². The van der Waals surface area contributed by atoms with Crippen molar-refractivity contribution in [1.29, 1.82) is 0 Å². The van der Waals surface area contributed by atoms with Crippen LogP contribution in [0, 0.1) is 40.9 Å². The zero-order chi connectivity index (χ0) is 25.1. The summed E-state index contributed by atoms with van der Waals surface area (Å²) in [5.41, 5.74) is -1.25. The molecule has 9 atom stereocenters. The van der Waals surface area contributed by atoms with Crippen LogP contribution in [0.2, 0.25) is 0 Å². The molecule has 0 aromatic rings. The predicted octanol–water partition coefficient (Wildman–Crippen LogP) is 3.33. The van der Waals surface area contributed by atoms with E-state index in [1.54, 1.807) is 0 Å². The molecule has 1 N–H and O–H groups in total. The molecule has 3 unspecified atom stereocenters. The Hall–Kier alpha value is -2.33. The van der Waals surface area contributed by atoms with E-state index < -0.39 is 29.2 Å². The largest absolute Gasteiger partial charge is 0.462 e. The average Bonchev–Trinajstić information content (AvgIpc) is 2.98. The Morgan fingerprint density at radius 3 is 2.26 bits per heavy atom. The summed E-state index contributed by atoms with van der Waals surface area (Å²) in [6.07, 6.45) is 10.2. The van der Waals surface area contributed by atoms with Crippen molar-refractivity contribution in [2.24, 2.45) is 28.6 Å². The Kier molecular flexibility index (Phi) is 6.13. The number of hydrogen-bond donors (Lipinski definition) is 1. The van der Waals surface area contributed by atoms with E-state index in [2.05, 4.69) is 12.8 Å². The van der Waals surface area contributed by atoms with Gasteiger partial charge < -0.3 is 19.3 Å². The van der Waals surface area contributed by atoms with Crippen molar-refractivity contribution in [3.05, 3.63) is 11.6 Å².